The molecule has 19 heavy (non-hydrogen) atoms. The van der Waals surface area contributed by atoms with E-state index in [-0.39, 0.29) is 24.4 Å². The van der Waals surface area contributed by atoms with Gasteiger partial charge < -0.3 is 5.32 Å². The summed E-state index contributed by atoms with van der Waals surface area (Å²) < 4.78 is 2.07. The van der Waals surface area contributed by atoms with Crippen molar-refractivity contribution in [2.75, 3.05) is 6.54 Å². The van der Waals surface area contributed by atoms with Crippen LogP contribution >= 0.6 is 0 Å². The SMILES string of the molecule is CCNC(=O)CCn1cc(C(C)=O)c(=O)n(C)c1=O. The van der Waals surface area contributed by atoms with E-state index in [1.807, 2.05) is 0 Å². The van der Waals surface area contributed by atoms with E-state index in [9.17, 15) is 19.2 Å². The third-order valence-corrected chi connectivity index (χ3v) is 2.69. The maximum atomic E-state index is 11.8. The Morgan fingerprint density at radius 2 is 1.95 bits per heavy atom. The smallest absolute Gasteiger partial charge is 0.330 e. The van der Waals surface area contributed by atoms with Gasteiger partial charge in [0.15, 0.2) is 5.78 Å². The van der Waals surface area contributed by atoms with Gasteiger partial charge in [0, 0.05) is 32.8 Å². The van der Waals surface area contributed by atoms with E-state index in [1.165, 1.54) is 24.7 Å². The van der Waals surface area contributed by atoms with Gasteiger partial charge in [-0.2, -0.15) is 0 Å². The first-order valence-electron chi connectivity index (χ1n) is 5.96. The molecule has 0 aliphatic heterocycles. The van der Waals surface area contributed by atoms with Gasteiger partial charge >= 0.3 is 5.69 Å². The molecule has 7 heteroatoms. The van der Waals surface area contributed by atoms with Crippen LogP contribution in [-0.4, -0.2) is 27.4 Å². The second-order valence-corrected chi connectivity index (χ2v) is 4.14. The van der Waals surface area contributed by atoms with Crippen molar-refractivity contribution in [3.63, 3.8) is 0 Å². The van der Waals surface area contributed by atoms with Crippen LogP contribution in [0.15, 0.2) is 15.8 Å². The third-order valence-electron chi connectivity index (χ3n) is 2.69. The van der Waals surface area contributed by atoms with E-state index in [2.05, 4.69) is 5.32 Å². The first kappa shape index (κ1) is 14.9. The Bertz CT molecular complexity index is 612. The molecular formula is C12H17N3O4. The zero-order chi connectivity index (χ0) is 14.6. The lowest BCUT2D eigenvalue weighted by atomic mass is 10.2. The fraction of sp³-hybridized carbons (Fsp3) is 0.500. The first-order chi connectivity index (χ1) is 8.88. The van der Waals surface area contributed by atoms with Crippen LogP contribution in [-0.2, 0) is 18.4 Å². The number of carbonyl (C=O) groups is 2. The Morgan fingerprint density at radius 1 is 1.32 bits per heavy atom. The number of aromatic nitrogens is 2. The zero-order valence-corrected chi connectivity index (χ0v) is 11.2. The molecular weight excluding hydrogens is 250 g/mol. The minimum Gasteiger partial charge on any atom is -0.356 e. The number of ketones is 1. The highest BCUT2D eigenvalue weighted by Gasteiger charge is 2.12. The molecule has 0 atom stereocenters. The summed E-state index contributed by atoms with van der Waals surface area (Å²) in [7, 11) is 1.31. The van der Waals surface area contributed by atoms with Gasteiger partial charge in [-0.1, -0.05) is 0 Å². The fourth-order valence-electron chi connectivity index (χ4n) is 1.64. The van der Waals surface area contributed by atoms with Gasteiger partial charge in [0.1, 0.15) is 0 Å². The highest BCUT2D eigenvalue weighted by molar-refractivity contribution is 5.93. The molecule has 1 rings (SSSR count). The minimum atomic E-state index is -0.619. The second kappa shape index (κ2) is 6.12. The van der Waals surface area contributed by atoms with E-state index in [0.29, 0.717) is 6.54 Å². The topological polar surface area (TPSA) is 90.2 Å². The lowest BCUT2D eigenvalue weighted by molar-refractivity contribution is -0.121. The highest BCUT2D eigenvalue weighted by Crippen LogP contribution is 1.93. The zero-order valence-electron chi connectivity index (χ0n) is 11.2. The standard InChI is InChI=1S/C12H17N3O4/c1-4-13-10(17)5-6-15-7-9(8(2)16)11(18)14(3)12(15)19/h7H,4-6H2,1-3H3,(H,13,17). The maximum Gasteiger partial charge on any atom is 0.330 e. The summed E-state index contributed by atoms with van der Waals surface area (Å²) >= 11 is 0. The van der Waals surface area contributed by atoms with Crippen LogP contribution < -0.4 is 16.6 Å². The Labute approximate surface area is 109 Å². The summed E-state index contributed by atoms with van der Waals surface area (Å²) in [5, 5.41) is 2.61. The molecule has 1 aromatic rings. The van der Waals surface area contributed by atoms with Gasteiger partial charge in [-0.3, -0.25) is 23.5 Å². The summed E-state index contributed by atoms with van der Waals surface area (Å²) in [6.07, 6.45) is 1.33. The molecule has 0 bridgehead atoms. The molecule has 0 saturated carbocycles. The van der Waals surface area contributed by atoms with Crippen LogP contribution in [0.25, 0.3) is 0 Å². The monoisotopic (exact) mass is 267 g/mol. The number of hydrogen-bond acceptors (Lipinski definition) is 4. The fourth-order valence-corrected chi connectivity index (χ4v) is 1.64. The van der Waals surface area contributed by atoms with Crippen molar-refractivity contribution in [1.29, 1.82) is 0 Å². The Hall–Kier alpha value is -2.18. The lowest BCUT2D eigenvalue weighted by Crippen LogP contribution is -2.41. The van der Waals surface area contributed by atoms with Gasteiger partial charge in [-0.15, -0.1) is 0 Å². The predicted molar refractivity (Wildman–Crippen MR) is 69.2 cm³/mol. The highest BCUT2D eigenvalue weighted by atomic mass is 16.2. The van der Waals surface area contributed by atoms with Crippen molar-refractivity contribution in [2.24, 2.45) is 7.05 Å². The molecule has 0 unspecified atom stereocenters. The van der Waals surface area contributed by atoms with Crippen molar-refractivity contribution < 1.29 is 9.59 Å². The van der Waals surface area contributed by atoms with Crippen LogP contribution in [0.4, 0.5) is 0 Å². The van der Waals surface area contributed by atoms with E-state index in [0.717, 1.165) is 4.57 Å². The lowest BCUT2D eigenvalue weighted by Gasteiger charge is -2.09. The predicted octanol–water partition coefficient (Wildman–Crippen LogP) is -0.724. The number of amides is 1. The summed E-state index contributed by atoms with van der Waals surface area (Å²) in [6.45, 7) is 3.69. The largest absolute Gasteiger partial charge is 0.356 e. The molecule has 0 aromatic carbocycles. The Kier molecular flexibility index (Phi) is 4.80. The van der Waals surface area contributed by atoms with Crippen molar-refractivity contribution in [3.05, 3.63) is 32.6 Å². The van der Waals surface area contributed by atoms with E-state index >= 15 is 0 Å². The summed E-state index contributed by atoms with van der Waals surface area (Å²) in [4.78, 5) is 46.1. The number of carbonyl (C=O) groups excluding carboxylic acids is 2. The van der Waals surface area contributed by atoms with E-state index in [1.54, 1.807) is 6.92 Å². The van der Waals surface area contributed by atoms with Gasteiger partial charge in [-0.05, 0) is 13.8 Å². The van der Waals surface area contributed by atoms with Crippen molar-refractivity contribution in [2.45, 2.75) is 26.8 Å². The quantitative estimate of drug-likeness (QED) is 0.713. The Balaban J connectivity index is 3.09. The number of rotatable bonds is 5. The normalized spacial score (nSPS) is 10.3. The first-order valence-corrected chi connectivity index (χ1v) is 5.96. The molecule has 0 spiro atoms. The molecule has 104 valence electrons. The molecule has 1 heterocycles. The average Bonchev–Trinajstić information content (AvgIpc) is 2.35. The van der Waals surface area contributed by atoms with Gasteiger partial charge in [0.25, 0.3) is 5.56 Å². The molecule has 0 aliphatic carbocycles. The van der Waals surface area contributed by atoms with E-state index < -0.39 is 17.0 Å². The minimum absolute atomic E-state index is 0.0574. The maximum absolute atomic E-state index is 11.8. The molecule has 0 fully saturated rings. The number of Topliss-reactive ketones (excluding diaryl/α,β-unsaturated/α-hetero) is 1. The number of nitrogens with zero attached hydrogens (tertiary/aromatic N) is 2. The molecule has 0 radical (unpaired) electrons. The number of hydrogen-bond donors (Lipinski definition) is 1. The van der Waals surface area contributed by atoms with Crippen molar-refractivity contribution >= 4 is 11.7 Å². The molecule has 7 nitrogen and oxygen atoms in total. The van der Waals surface area contributed by atoms with Gasteiger partial charge in [0.2, 0.25) is 5.91 Å². The van der Waals surface area contributed by atoms with Crippen LogP contribution in [0.5, 0.6) is 0 Å². The molecule has 1 aromatic heterocycles. The second-order valence-electron chi connectivity index (χ2n) is 4.14. The molecule has 0 saturated heterocycles. The van der Waals surface area contributed by atoms with Gasteiger partial charge in [0.05, 0.1) is 5.56 Å². The number of nitrogens with one attached hydrogen (secondary N) is 1. The van der Waals surface area contributed by atoms with E-state index in [4.69, 9.17) is 0 Å². The van der Waals surface area contributed by atoms with Crippen molar-refractivity contribution in [1.82, 2.24) is 14.5 Å². The third kappa shape index (κ3) is 3.40. The summed E-state index contributed by atoms with van der Waals surface area (Å²) in [6, 6.07) is 0. The molecule has 1 amide bonds. The van der Waals surface area contributed by atoms with Crippen LogP contribution in [0.1, 0.15) is 30.6 Å². The molecule has 1 N–H and O–H groups in total. The number of aryl methyl sites for hydroxylation is 1. The van der Waals surface area contributed by atoms with Crippen molar-refractivity contribution in [3.8, 4) is 0 Å². The molecule has 0 aliphatic rings. The summed E-state index contributed by atoms with van der Waals surface area (Å²) in [5.74, 6) is -0.597. The summed E-state index contributed by atoms with van der Waals surface area (Å²) in [5.41, 5.74) is -1.22. The van der Waals surface area contributed by atoms with Crippen LogP contribution in [0.2, 0.25) is 0 Å². The Morgan fingerprint density at radius 3 is 2.47 bits per heavy atom. The van der Waals surface area contributed by atoms with Gasteiger partial charge in [-0.25, -0.2) is 4.79 Å². The van der Waals surface area contributed by atoms with Crippen LogP contribution in [0.3, 0.4) is 0 Å². The average molecular weight is 267 g/mol. The van der Waals surface area contributed by atoms with Crippen LogP contribution in [0, 0.1) is 0 Å².